The normalized spacial score (nSPS) is 14.1. The van der Waals surface area contributed by atoms with E-state index in [0.29, 0.717) is 47.6 Å². The standard InChI is InChI=1S/C29H32F3N9O/c1-4-39-9-11-40(12-10-39)23-14-20(13-21(15-23)29(30,31)32)28(42)37-22-6-5-19(2)24(16-22)38-26-7-8-36-41(26)27-17-25(33-3)34-18-35-27/h5-8,13-18,38H,4,9-12H2,1-3H3,(H,37,42)(H,33,34,35). The van der Waals surface area contributed by atoms with E-state index in [1.165, 1.54) is 12.4 Å². The van der Waals surface area contributed by atoms with Gasteiger partial charge in [-0.15, -0.1) is 0 Å². The Labute approximate surface area is 241 Å². The molecule has 2 aromatic heterocycles. The van der Waals surface area contributed by atoms with Crippen molar-refractivity contribution in [3.63, 3.8) is 0 Å². The molecule has 1 amide bonds. The molecule has 13 heteroatoms. The van der Waals surface area contributed by atoms with Crippen LogP contribution in [-0.2, 0) is 6.18 Å². The molecule has 42 heavy (non-hydrogen) atoms. The van der Waals surface area contributed by atoms with Crippen molar-refractivity contribution in [3.8, 4) is 5.82 Å². The van der Waals surface area contributed by atoms with E-state index in [1.54, 1.807) is 42.2 Å². The Morgan fingerprint density at radius 1 is 1.00 bits per heavy atom. The molecule has 0 atom stereocenters. The number of aromatic nitrogens is 4. The number of hydrogen-bond donors (Lipinski definition) is 3. The molecule has 220 valence electrons. The van der Waals surface area contributed by atoms with Gasteiger partial charge in [-0.25, -0.2) is 9.97 Å². The van der Waals surface area contributed by atoms with Gasteiger partial charge in [0.2, 0.25) is 0 Å². The first-order valence-electron chi connectivity index (χ1n) is 13.6. The Morgan fingerprint density at radius 3 is 2.50 bits per heavy atom. The van der Waals surface area contributed by atoms with Gasteiger partial charge in [-0.05, 0) is 49.4 Å². The summed E-state index contributed by atoms with van der Waals surface area (Å²) in [6.07, 6.45) is -1.53. The Morgan fingerprint density at radius 2 is 1.79 bits per heavy atom. The van der Waals surface area contributed by atoms with E-state index >= 15 is 0 Å². The molecule has 1 fully saturated rings. The van der Waals surface area contributed by atoms with Gasteiger partial charge >= 0.3 is 6.18 Å². The van der Waals surface area contributed by atoms with Gasteiger partial charge in [0.25, 0.3) is 5.91 Å². The second-order valence-corrected chi connectivity index (χ2v) is 9.94. The molecule has 2 aromatic carbocycles. The van der Waals surface area contributed by atoms with E-state index in [2.05, 4.69) is 42.8 Å². The van der Waals surface area contributed by atoms with Crippen LogP contribution in [0.25, 0.3) is 5.82 Å². The Hall–Kier alpha value is -4.65. The lowest BCUT2D eigenvalue weighted by molar-refractivity contribution is -0.137. The molecule has 4 aromatic rings. The molecule has 10 nitrogen and oxygen atoms in total. The van der Waals surface area contributed by atoms with Crippen LogP contribution < -0.4 is 20.9 Å². The van der Waals surface area contributed by atoms with Crippen LogP contribution in [0.1, 0.15) is 28.4 Å². The zero-order valence-corrected chi connectivity index (χ0v) is 23.5. The van der Waals surface area contributed by atoms with Crippen molar-refractivity contribution in [1.82, 2.24) is 24.6 Å². The third-order valence-electron chi connectivity index (χ3n) is 7.22. The molecular weight excluding hydrogens is 547 g/mol. The summed E-state index contributed by atoms with van der Waals surface area (Å²) in [5.74, 6) is 1.16. The van der Waals surface area contributed by atoms with Crippen LogP contribution in [0.4, 0.5) is 41.9 Å². The van der Waals surface area contributed by atoms with Crippen LogP contribution in [0.5, 0.6) is 0 Å². The van der Waals surface area contributed by atoms with E-state index in [0.717, 1.165) is 37.3 Å². The maximum absolute atomic E-state index is 13.8. The Bertz CT molecular complexity index is 1560. The van der Waals surface area contributed by atoms with Gasteiger partial charge in [-0.3, -0.25) is 4.79 Å². The molecule has 1 aliphatic rings. The van der Waals surface area contributed by atoms with E-state index in [9.17, 15) is 18.0 Å². The first-order chi connectivity index (χ1) is 20.1. The highest BCUT2D eigenvalue weighted by Crippen LogP contribution is 2.34. The highest BCUT2D eigenvalue weighted by atomic mass is 19.4. The number of nitrogens with zero attached hydrogens (tertiary/aromatic N) is 6. The van der Waals surface area contributed by atoms with Crippen LogP contribution in [0.3, 0.4) is 0 Å². The average molecular weight is 580 g/mol. The van der Waals surface area contributed by atoms with Gasteiger partial charge < -0.3 is 25.8 Å². The molecule has 0 bridgehead atoms. The molecule has 0 radical (unpaired) electrons. The molecular formula is C29H32F3N9O. The second kappa shape index (κ2) is 12.1. The smallest absolute Gasteiger partial charge is 0.373 e. The third-order valence-corrected chi connectivity index (χ3v) is 7.22. The minimum atomic E-state index is -4.59. The first kappa shape index (κ1) is 28.9. The van der Waals surface area contributed by atoms with Gasteiger partial charge in [-0.2, -0.15) is 23.0 Å². The first-order valence-corrected chi connectivity index (χ1v) is 13.6. The number of halogens is 3. The minimum absolute atomic E-state index is 0.0602. The van der Waals surface area contributed by atoms with Crippen molar-refractivity contribution >= 4 is 34.6 Å². The summed E-state index contributed by atoms with van der Waals surface area (Å²) in [7, 11) is 1.76. The summed E-state index contributed by atoms with van der Waals surface area (Å²) in [6, 6.07) is 12.3. The van der Waals surface area contributed by atoms with Gasteiger partial charge in [0.15, 0.2) is 5.82 Å². The van der Waals surface area contributed by atoms with E-state index in [-0.39, 0.29) is 5.56 Å². The lowest BCUT2D eigenvalue weighted by atomic mass is 10.1. The lowest BCUT2D eigenvalue weighted by Crippen LogP contribution is -2.46. The van der Waals surface area contributed by atoms with Crippen molar-refractivity contribution in [3.05, 3.63) is 77.7 Å². The fourth-order valence-electron chi connectivity index (χ4n) is 4.77. The fraction of sp³-hybridized carbons (Fsp3) is 0.310. The Kier molecular flexibility index (Phi) is 8.29. The summed E-state index contributed by atoms with van der Waals surface area (Å²) in [5.41, 5.74) is 1.46. The summed E-state index contributed by atoms with van der Waals surface area (Å²) in [6.45, 7) is 7.52. The van der Waals surface area contributed by atoms with Gasteiger partial charge in [0.05, 0.1) is 11.8 Å². The number of rotatable bonds is 8. The van der Waals surface area contributed by atoms with Crippen molar-refractivity contribution < 1.29 is 18.0 Å². The molecule has 1 saturated heterocycles. The number of aryl methyl sites for hydroxylation is 1. The van der Waals surface area contributed by atoms with E-state index in [1.807, 2.05) is 17.9 Å². The topological polar surface area (TPSA) is 103 Å². The monoisotopic (exact) mass is 579 g/mol. The molecule has 1 aliphatic heterocycles. The van der Waals surface area contributed by atoms with Crippen LogP contribution in [0.2, 0.25) is 0 Å². The van der Waals surface area contributed by atoms with E-state index in [4.69, 9.17) is 0 Å². The molecule has 0 saturated carbocycles. The number of anilines is 5. The molecule has 0 unspecified atom stereocenters. The van der Waals surface area contributed by atoms with E-state index < -0.39 is 17.6 Å². The van der Waals surface area contributed by atoms with Crippen LogP contribution in [-0.4, -0.2) is 70.3 Å². The van der Waals surface area contributed by atoms with Crippen molar-refractivity contribution in [2.24, 2.45) is 0 Å². The molecule has 0 aliphatic carbocycles. The van der Waals surface area contributed by atoms with Gasteiger partial charge in [0.1, 0.15) is 18.0 Å². The third kappa shape index (κ3) is 6.46. The van der Waals surface area contributed by atoms with Crippen LogP contribution in [0.15, 0.2) is 61.1 Å². The second-order valence-electron chi connectivity index (χ2n) is 9.94. The van der Waals surface area contributed by atoms with Crippen molar-refractivity contribution in [2.75, 3.05) is 60.6 Å². The molecule has 3 heterocycles. The summed E-state index contributed by atoms with van der Waals surface area (Å²) in [4.78, 5) is 25.8. The minimum Gasteiger partial charge on any atom is -0.373 e. The highest BCUT2D eigenvalue weighted by molar-refractivity contribution is 6.05. The summed E-state index contributed by atoms with van der Waals surface area (Å²) in [5, 5.41) is 13.4. The number of likely N-dealkylation sites (N-methyl/N-ethyl adjacent to an activating group) is 1. The summed E-state index contributed by atoms with van der Waals surface area (Å²) >= 11 is 0. The average Bonchev–Trinajstić information content (AvgIpc) is 3.46. The molecule has 0 spiro atoms. The zero-order valence-electron chi connectivity index (χ0n) is 23.5. The number of alkyl halides is 3. The quantitative estimate of drug-likeness (QED) is 0.263. The fourth-order valence-corrected chi connectivity index (χ4v) is 4.77. The number of carbonyl (C=O) groups excluding carboxylic acids is 1. The number of hydrogen-bond acceptors (Lipinski definition) is 8. The van der Waals surface area contributed by atoms with Crippen LogP contribution >= 0.6 is 0 Å². The highest BCUT2D eigenvalue weighted by Gasteiger charge is 2.33. The molecule has 5 rings (SSSR count). The number of nitrogens with one attached hydrogen (secondary N) is 3. The van der Waals surface area contributed by atoms with Crippen LogP contribution in [0, 0.1) is 6.92 Å². The predicted molar refractivity (Wildman–Crippen MR) is 157 cm³/mol. The largest absolute Gasteiger partial charge is 0.416 e. The number of amides is 1. The maximum Gasteiger partial charge on any atom is 0.416 e. The SMILES string of the molecule is CCN1CCN(c2cc(C(=O)Nc3ccc(C)c(Nc4ccnn4-c4cc(NC)ncn4)c3)cc(C(F)(F)F)c2)CC1. The number of carbonyl (C=O) groups is 1. The lowest BCUT2D eigenvalue weighted by Gasteiger charge is -2.36. The molecule has 3 N–H and O–H groups in total. The number of benzene rings is 2. The number of piperazine rings is 1. The van der Waals surface area contributed by atoms with Gasteiger partial charge in [0, 0.05) is 68.0 Å². The predicted octanol–water partition coefficient (Wildman–Crippen LogP) is 5.17. The summed E-state index contributed by atoms with van der Waals surface area (Å²) < 4.78 is 43.0. The van der Waals surface area contributed by atoms with Crippen molar-refractivity contribution in [2.45, 2.75) is 20.0 Å². The maximum atomic E-state index is 13.8. The van der Waals surface area contributed by atoms with Crippen molar-refractivity contribution in [1.29, 1.82) is 0 Å². The zero-order chi connectivity index (χ0) is 29.9. The van der Waals surface area contributed by atoms with Gasteiger partial charge in [-0.1, -0.05) is 13.0 Å². The Balaban J connectivity index is 1.38.